The maximum absolute atomic E-state index is 13.0. The number of likely N-dealkylation sites (tertiary alicyclic amines) is 1. The van der Waals surface area contributed by atoms with Gasteiger partial charge in [0.05, 0.1) is 4.92 Å². The van der Waals surface area contributed by atoms with Crippen LogP contribution in [0.2, 0.25) is 0 Å². The lowest BCUT2D eigenvalue weighted by Crippen LogP contribution is -2.42. The monoisotopic (exact) mass is 401 g/mol. The van der Waals surface area contributed by atoms with E-state index < -0.39 is 16.7 Å². The highest BCUT2D eigenvalue weighted by Gasteiger charge is 2.23. The second kappa shape index (κ2) is 9.28. The molecule has 2 heterocycles. The highest BCUT2D eigenvalue weighted by atomic mass is 16.6. The molecule has 2 amide bonds. The molecule has 3 rings (SSSR count). The molecule has 2 aromatic rings. The normalized spacial score (nSPS) is 14.0. The number of aromatic nitrogens is 1. The number of rotatable bonds is 8. The number of nitrogens with one attached hydrogen (secondary N) is 1. The van der Waals surface area contributed by atoms with E-state index in [9.17, 15) is 19.7 Å². The SMILES string of the molecule is Cc1ccc(C(=O)N(CCN2CCCC2)CC(=O)Nc2ccon2)cc1[N+](=O)[O-]. The highest BCUT2D eigenvalue weighted by Crippen LogP contribution is 2.20. The minimum absolute atomic E-state index is 0.123. The van der Waals surface area contributed by atoms with E-state index in [1.165, 1.54) is 23.3 Å². The third-order valence-electron chi connectivity index (χ3n) is 4.86. The van der Waals surface area contributed by atoms with Gasteiger partial charge in [-0.1, -0.05) is 11.2 Å². The van der Waals surface area contributed by atoms with E-state index in [0.717, 1.165) is 25.9 Å². The molecule has 0 radical (unpaired) electrons. The van der Waals surface area contributed by atoms with Crippen molar-refractivity contribution >= 4 is 23.3 Å². The van der Waals surface area contributed by atoms with Crippen LogP contribution in [0.25, 0.3) is 0 Å². The first-order chi connectivity index (χ1) is 13.9. The van der Waals surface area contributed by atoms with E-state index in [1.54, 1.807) is 19.1 Å². The molecule has 1 aliphatic rings. The van der Waals surface area contributed by atoms with Gasteiger partial charge in [-0.2, -0.15) is 0 Å². The van der Waals surface area contributed by atoms with Gasteiger partial charge in [-0.15, -0.1) is 0 Å². The van der Waals surface area contributed by atoms with Crippen LogP contribution in [-0.2, 0) is 4.79 Å². The largest absolute Gasteiger partial charge is 0.363 e. The van der Waals surface area contributed by atoms with Crippen LogP contribution in [0.5, 0.6) is 0 Å². The Morgan fingerprint density at radius 1 is 1.31 bits per heavy atom. The standard InChI is InChI=1S/C19H23N5O5/c1-14-4-5-15(12-16(14)24(27)28)19(26)23(10-9-22-7-2-3-8-22)13-18(25)20-17-6-11-29-21-17/h4-6,11-12H,2-3,7-10,13H2,1H3,(H,20,21,25). The molecule has 1 saturated heterocycles. The lowest BCUT2D eigenvalue weighted by molar-refractivity contribution is -0.385. The number of amides is 2. The predicted octanol–water partition coefficient (Wildman–Crippen LogP) is 2.07. The average Bonchev–Trinajstić information content (AvgIpc) is 3.38. The summed E-state index contributed by atoms with van der Waals surface area (Å²) in [4.78, 5) is 39.8. The molecule has 0 atom stereocenters. The van der Waals surface area contributed by atoms with Crippen molar-refractivity contribution in [3.8, 4) is 0 Å². The van der Waals surface area contributed by atoms with E-state index in [-0.39, 0.29) is 23.6 Å². The number of aryl methyl sites for hydroxylation is 1. The van der Waals surface area contributed by atoms with E-state index >= 15 is 0 Å². The van der Waals surface area contributed by atoms with Crippen molar-refractivity contribution in [2.24, 2.45) is 0 Å². The first kappa shape index (κ1) is 20.5. The number of anilines is 1. The number of nitro groups is 1. The van der Waals surface area contributed by atoms with Crippen molar-refractivity contribution in [2.75, 3.05) is 38.0 Å². The molecule has 0 unspecified atom stereocenters. The fourth-order valence-corrected chi connectivity index (χ4v) is 3.28. The van der Waals surface area contributed by atoms with Crippen LogP contribution in [0, 0.1) is 17.0 Å². The third kappa shape index (κ3) is 5.38. The molecule has 0 saturated carbocycles. The molecule has 0 aliphatic carbocycles. The minimum Gasteiger partial charge on any atom is -0.363 e. The zero-order valence-corrected chi connectivity index (χ0v) is 16.2. The summed E-state index contributed by atoms with van der Waals surface area (Å²) < 4.78 is 4.68. The summed E-state index contributed by atoms with van der Waals surface area (Å²) in [6, 6.07) is 5.84. The number of carbonyl (C=O) groups is 2. The summed E-state index contributed by atoms with van der Waals surface area (Å²) in [7, 11) is 0. The van der Waals surface area contributed by atoms with Gasteiger partial charge in [0.2, 0.25) is 5.91 Å². The van der Waals surface area contributed by atoms with Crippen molar-refractivity contribution in [2.45, 2.75) is 19.8 Å². The van der Waals surface area contributed by atoms with E-state index in [2.05, 4.69) is 19.9 Å². The van der Waals surface area contributed by atoms with Crippen molar-refractivity contribution in [3.05, 3.63) is 51.8 Å². The second-order valence-corrected chi connectivity index (χ2v) is 6.97. The second-order valence-electron chi connectivity index (χ2n) is 6.97. The number of carbonyl (C=O) groups excluding carboxylic acids is 2. The van der Waals surface area contributed by atoms with E-state index in [0.29, 0.717) is 18.7 Å². The topological polar surface area (TPSA) is 122 Å². The Labute approximate surface area is 167 Å². The molecule has 0 bridgehead atoms. The summed E-state index contributed by atoms with van der Waals surface area (Å²) in [6.07, 6.45) is 3.56. The molecule has 1 aliphatic heterocycles. The van der Waals surface area contributed by atoms with Crippen molar-refractivity contribution in [1.29, 1.82) is 0 Å². The summed E-state index contributed by atoms with van der Waals surface area (Å²) in [5.74, 6) is -0.592. The zero-order valence-electron chi connectivity index (χ0n) is 16.2. The molecule has 29 heavy (non-hydrogen) atoms. The quantitative estimate of drug-likeness (QED) is 0.531. The molecule has 1 aromatic heterocycles. The Balaban J connectivity index is 1.75. The molecular weight excluding hydrogens is 378 g/mol. The van der Waals surface area contributed by atoms with Crippen LogP contribution in [0.1, 0.15) is 28.8 Å². The molecule has 1 aromatic carbocycles. The van der Waals surface area contributed by atoms with Crippen LogP contribution < -0.4 is 5.32 Å². The minimum atomic E-state index is -0.516. The summed E-state index contributed by atoms with van der Waals surface area (Å²) in [5, 5.41) is 17.4. The van der Waals surface area contributed by atoms with Gasteiger partial charge in [-0.05, 0) is 38.9 Å². The lowest BCUT2D eigenvalue weighted by atomic mass is 10.1. The summed E-state index contributed by atoms with van der Waals surface area (Å²) in [6.45, 7) is 4.32. The third-order valence-corrected chi connectivity index (χ3v) is 4.86. The Morgan fingerprint density at radius 3 is 2.72 bits per heavy atom. The fraction of sp³-hybridized carbons (Fsp3) is 0.421. The summed E-state index contributed by atoms with van der Waals surface area (Å²) >= 11 is 0. The summed E-state index contributed by atoms with van der Waals surface area (Å²) in [5.41, 5.74) is 0.527. The predicted molar refractivity (Wildman–Crippen MR) is 105 cm³/mol. The van der Waals surface area contributed by atoms with Crippen LogP contribution in [-0.4, -0.2) is 64.4 Å². The lowest BCUT2D eigenvalue weighted by Gasteiger charge is -2.25. The molecule has 10 nitrogen and oxygen atoms in total. The number of benzene rings is 1. The van der Waals surface area contributed by atoms with Crippen LogP contribution in [0.3, 0.4) is 0 Å². The van der Waals surface area contributed by atoms with Gasteiger partial charge in [0.25, 0.3) is 11.6 Å². The van der Waals surface area contributed by atoms with Crippen molar-refractivity contribution in [1.82, 2.24) is 15.0 Å². The number of hydrogen-bond acceptors (Lipinski definition) is 7. The Kier molecular flexibility index (Phi) is 6.55. The molecule has 1 fully saturated rings. The number of nitrogens with zero attached hydrogens (tertiary/aromatic N) is 4. The number of hydrogen-bond donors (Lipinski definition) is 1. The fourth-order valence-electron chi connectivity index (χ4n) is 3.28. The Bertz CT molecular complexity index is 877. The maximum atomic E-state index is 13.0. The average molecular weight is 401 g/mol. The molecule has 10 heteroatoms. The van der Waals surface area contributed by atoms with Crippen molar-refractivity contribution in [3.63, 3.8) is 0 Å². The van der Waals surface area contributed by atoms with Crippen LogP contribution in [0.4, 0.5) is 11.5 Å². The highest BCUT2D eigenvalue weighted by molar-refractivity contribution is 5.99. The molecular formula is C19H23N5O5. The smallest absolute Gasteiger partial charge is 0.273 e. The van der Waals surface area contributed by atoms with Gasteiger partial charge >= 0.3 is 0 Å². The van der Waals surface area contributed by atoms with Crippen LogP contribution in [0.15, 0.2) is 35.1 Å². The Hall–Kier alpha value is -3.27. The molecule has 154 valence electrons. The number of nitro benzene ring substituents is 1. The van der Waals surface area contributed by atoms with Gasteiger partial charge in [-0.3, -0.25) is 19.7 Å². The Morgan fingerprint density at radius 2 is 2.07 bits per heavy atom. The first-order valence-electron chi connectivity index (χ1n) is 9.41. The maximum Gasteiger partial charge on any atom is 0.273 e. The van der Waals surface area contributed by atoms with E-state index in [1.807, 2.05) is 0 Å². The van der Waals surface area contributed by atoms with Gasteiger partial charge in [0, 0.05) is 36.3 Å². The van der Waals surface area contributed by atoms with Gasteiger partial charge in [-0.25, -0.2) is 0 Å². The van der Waals surface area contributed by atoms with Gasteiger partial charge in [0.15, 0.2) is 5.82 Å². The van der Waals surface area contributed by atoms with Gasteiger partial charge in [0.1, 0.15) is 12.8 Å². The van der Waals surface area contributed by atoms with Gasteiger partial charge < -0.3 is 19.6 Å². The molecule has 0 spiro atoms. The van der Waals surface area contributed by atoms with Crippen molar-refractivity contribution < 1.29 is 19.0 Å². The van der Waals surface area contributed by atoms with E-state index in [4.69, 9.17) is 0 Å². The van der Waals surface area contributed by atoms with Crippen LogP contribution >= 0.6 is 0 Å². The first-order valence-corrected chi connectivity index (χ1v) is 9.41. The molecule has 1 N–H and O–H groups in total. The zero-order chi connectivity index (χ0) is 20.8.